The van der Waals surface area contributed by atoms with Crippen molar-refractivity contribution in [3.8, 4) is 40.1 Å². The largest absolute Gasteiger partial charge is 0.508 e. The molecule has 2 aromatic carbocycles. The highest BCUT2D eigenvalue weighted by Crippen LogP contribution is 2.40. The highest BCUT2D eigenvalue weighted by Gasteiger charge is 2.53. The van der Waals surface area contributed by atoms with E-state index >= 15 is 0 Å². The first-order chi connectivity index (χ1) is 26.6. The molecule has 6 rings (SSSR count). The number of ether oxygens (including phenoxy) is 7. The van der Waals surface area contributed by atoms with Gasteiger partial charge < -0.3 is 104 Å². The average Bonchev–Trinajstić information content (AvgIpc) is 3.17. The van der Waals surface area contributed by atoms with E-state index in [0.29, 0.717) is 0 Å². The lowest BCUT2D eigenvalue weighted by Gasteiger charge is -2.46. The summed E-state index contributed by atoms with van der Waals surface area (Å²) in [6.45, 7) is -2.45. The summed E-state index contributed by atoms with van der Waals surface area (Å²) >= 11 is 0. The first kappa shape index (κ1) is 41.7. The SMILES string of the molecule is COc1cc(-c2oc3cc(O)cc(O)c3c(=O)c2O[C@@H]2O[C@H](CO[C@@H]3O[C@H](CO)[C@@H](O)[C@H](O)[C@H]3O)[C@@H](O)[C@H](O)[C@H]2O[C@@H]2O[C@H](CO)[C@@H](O)[C@H](O)[C@H]2O)ccc1O. The van der Waals surface area contributed by atoms with Crippen LogP contribution in [-0.2, 0) is 23.7 Å². The number of aliphatic hydroxyl groups is 10. The van der Waals surface area contributed by atoms with Gasteiger partial charge in [-0.3, -0.25) is 4.79 Å². The Bertz CT molecular complexity index is 1880. The maximum absolute atomic E-state index is 14.2. The van der Waals surface area contributed by atoms with Gasteiger partial charge in [0.2, 0.25) is 17.5 Å². The number of hydrogen-bond donors (Lipinski definition) is 13. The Morgan fingerprint density at radius 1 is 0.661 bits per heavy atom. The number of rotatable bonds is 11. The van der Waals surface area contributed by atoms with E-state index in [1.807, 2.05) is 0 Å². The van der Waals surface area contributed by atoms with Gasteiger partial charge in [0.1, 0.15) is 89.6 Å². The molecule has 0 spiro atoms. The summed E-state index contributed by atoms with van der Waals surface area (Å²) in [4.78, 5) is 14.2. The van der Waals surface area contributed by atoms with E-state index in [2.05, 4.69) is 0 Å². The fraction of sp³-hybridized carbons (Fsp3) is 0.559. The van der Waals surface area contributed by atoms with Crippen molar-refractivity contribution in [1.29, 1.82) is 0 Å². The number of hydrogen-bond acceptors (Lipinski definition) is 22. The van der Waals surface area contributed by atoms with Gasteiger partial charge in [-0.1, -0.05) is 0 Å². The molecule has 15 atom stereocenters. The first-order valence-corrected chi connectivity index (χ1v) is 17.1. The van der Waals surface area contributed by atoms with Crippen LogP contribution in [0.25, 0.3) is 22.3 Å². The lowest BCUT2D eigenvalue weighted by atomic mass is 9.97. The third-order valence-electron chi connectivity index (χ3n) is 9.65. The fourth-order valence-electron chi connectivity index (χ4n) is 6.51. The van der Waals surface area contributed by atoms with Gasteiger partial charge in [0, 0.05) is 17.7 Å². The van der Waals surface area contributed by atoms with Crippen LogP contribution in [0.2, 0.25) is 0 Å². The molecule has 56 heavy (non-hydrogen) atoms. The van der Waals surface area contributed by atoms with E-state index in [4.69, 9.17) is 37.6 Å². The Morgan fingerprint density at radius 3 is 1.88 bits per heavy atom. The lowest BCUT2D eigenvalue weighted by molar-refractivity contribution is -0.363. The Labute approximate surface area is 314 Å². The van der Waals surface area contributed by atoms with E-state index in [-0.39, 0.29) is 22.6 Å². The molecule has 0 radical (unpaired) electrons. The molecule has 0 unspecified atom stereocenters. The van der Waals surface area contributed by atoms with Gasteiger partial charge in [0.05, 0.1) is 26.9 Å². The van der Waals surface area contributed by atoms with Crippen LogP contribution in [0.5, 0.6) is 28.7 Å². The van der Waals surface area contributed by atoms with E-state index in [1.54, 1.807) is 0 Å². The van der Waals surface area contributed by atoms with Crippen molar-refractivity contribution in [2.45, 2.75) is 92.1 Å². The molecule has 0 bridgehead atoms. The normalized spacial score (nSPS) is 36.4. The quantitative estimate of drug-likeness (QED) is 0.0867. The second kappa shape index (κ2) is 16.9. The van der Waals surface area contributed by atoms with Crippen molar-refractivity contribution in [3.05, 3.63) is 40.6 Å². The van der Waals surface area contributed by atoms with E-state index in [0.717, 1.165) is 12.1 Å². The molecule has 310 valence electrons. The molecule has 3 aliphatic heterocycles. The monoisotopic (exact) mass is 802 g/mol. The number of benzene rings is 2. The van der Waals surface area contributed by atoms with Crippen molar-refractivity contribution >= 4 is 11.0 Å². The Balaban J connectivity index is 1.41. The minimum atomic E-state index is -2.13. The van der Waals surface area contributed by atoms with Gasteiger partial charge in [0.15, 0.2) is 35.9 Å². The third-order valence-corrected chi connectivity index (χ3v) is 9.65. The molecule has 1 aromatic heterocycles. The maximum Gasteiger partial charge on any atom is 0.239 e. The molecule has 4 heterocycles. The van der Waals surface area contributed by atoms with Crippen LogP contribution in [0.3, 0.4) is 0 Å². The minimum Gasteiger partial charge on any atom is -0.508 e. The Hall–Kier alpha value is -3.95. The summed E-state index contributed by atoms with van der Waals surface area (Å²) in [5.41, 5.74) is -1.45. The number of fused-ring (bicyclic) bond motifs is 1. The highest BCUT2D eigenvalue weighted by molar-refractivity contribution is 5.88. The van der Waals surface area contributed by atoms with Gasteiger partial charge in [-0.15, -0.1) is 0 Å². The second-order valence-electron chi connectivity index (χ2n) is 13.3. The Kier molecular flexibility index (Phi) is 12.6. The van der Waals surface area contributed by atoms with Crippen LogP contribution in [-0.4, -0.2) is 185 Å². The molecule has 0 saturated carbocycles. The van der Waals surface area contributed by atoms with E-state index in [9.17, 15) is 71.2 Å². The molecular formula is C34H42O22. The minimum absolute atomic E-state index is 0.00165. The summed E-state index contributed by atoms with van der Waals surface area (Å²) in [5, 5.41) is 135. The fourth-order valence-corrected chi connectivity index (χ4v) is 6.51. The van der Waals surface area contributed by atoms with Crippen LogP contribution in [0.1, 0.15) is 0 Å². The summed E-state index contributed by atoms with van der Waals surface area (Å²) in [6.07, 6.45) is -27.7. The van der Waals surface area contributed by atoms with Crippen molar-refractivity contribution in [1.82, 2.24) is 0 Å². The zero-order chi connectivity index (χ0) is 40.7. The molecule has 3 aliphatic rings. The van der Waals surface area contributed by atoms with Crippen LogP contribution in [0.15, 0.2) is 39.5 Å². The van der Waals surface area contributed by atoms with Gasteiger partial charge in [-0.25, -0.2) is 0 Å². The average molecular weight is 803 g/mol. The molecule has 22 nitrogen and oxygen atoms in total. The molecular weight excluding hydrogens is 760 g/mol. The molecule has 22 heteroatoms. The summed E-state index contributed by atoms with van der Waals surface area (Å²) in [7, 11) is 1.23. The molecule has 13 N–H and O–H groups in total. The molecule has 3 aromatic rings. The molecule has 3 fully saturated rings. The topological polar surface area (TPSA) is 358 Å². The van der Waals surface area contributed by atoms with Gasteiger partial charge >= 0.3 is 0 Å². The molecule has 0 amide bonds. The van der Waals surface area contributed by atoms with Crippen molar-refractivity contribution in [3.63, 3.8) is 0 Å². The number of phenolic OH excluding ortho intramolecular Hbond substituents is 3. The highest BCUT2D eigenvalue weighted by atomic mass is 16.8. The van der Waals surface area contributed by atoms with Crippen LogP contribution < -0.4 is 14.9 Å². The van der Waals surface area contributed by atoms with Crippen molar-refractivity contribution in [2.24, 2.45) is 0 Å². The zero-order valence-corrected chi connectivity index (χ0v) is 29.2. The van der Waals surface area contributed by atoms with Gasteiger partial charge in [0.25, 0.3) is 0 Å². The second-order valence-corrected chi connectivity index (χ2v) is 13.3. The van der Waals surface area contributed by atoms with Crippen LogP contribution in [0, 0.1) is 0 Å². The molecule has 3 saturated heterocycles. The van der Waals surface area contributed by atoms with Gasteiger partial charge in [-0.2, -0.15) is 0 Å². The summed E-state index contributed by atoms with van der Waals surface area (Å²) in [6, 6.07) is 5.53. The zero-order valence-electron chi connectivity index (χ0n) is 29.2. The standard InChI is InChI=1S/C34H42O22/c1-49-14-4-10(2-3-12(14)38)29-30(23(43)19-13(39)5-11(37)6-15(19)51-29)55-34-31(56-33-28(48)25(45)21(41)17(8-36)53-33)26(46)22(42)18(54-34)9-50-32-27(47)24(44)20(40)16(7-35)52-32/h2-6,16-18,20-22,24-28,31-42,44-48H,7-9H2,1H3/t16-,17-,18-,20-,21-,22-,24+,25+,26+,27-,28-,31-,32-,33+,34+/m1/s1. The van der Waals surface area contributed by atoms with Crippen molar-refractivity contribution < 1.29 is 104 Å². The van der Waals surface area contributed by atoms with Crippen molar-refractivity contribution in [2.75, 3.05) is 26.9 Å². The smallest absolute Gasteiger partial charge is 0.239 e. The number of phenols is 3. The number of aromatic hydroxyl groups is 3. The summed E-state index contributed by atoms with van der Waals surface area (Å²) < 4.78 is 45.1. The predicted molar refractivity (Wildman–Crippen MR) is 179 cm³/mol. The predicted octanol–water partition coefficient (Wildman–Crippen LogP) is -4.59. The number of methoxy groups -OCH3 is 1. The molecule has 0 aliphatic carbocycles. The maximum atomic E-state index is 14.2. The first-order valence-electron chi connectivity index (χ1n) is 17.1. The van der Waals surface area contributed by atoms with Gasteiger partial charge in [-0.05, 0) is 18.2 Å². The summed E-state index contributed by atoms with van der Waals surface area (Å²) in [5.74, 6) is -2.87. The van der Waals surface area contributed by atoms with Crippen LogP contribution in [0.4, 0.5) is 0 Å². The third kappa shape index (κ3) is 7.83. The lowest BCUT2D eigenvalue weighted by Crippen LogP contribution is -2.65. The van der Waals surface area contributed by atoms with Crippen LogP contribution >= 0.6 is 0 Å². The number of aliphatic hydroxyl groups excluding tert-OH is 10. The van der Waals surface area contributed by atoms with E-state index < -0.39 is 146 Å². The van der Waals surface area contributed by atoms with E-state index in [1.165, 1.54) is 25.3 Å². The Morgan fingerprint density at radius 2 is 1.25 bits per heavy atom.